The molecule has 102 valence electrons. The van der Waals surface area contributed by atoms with Gasteiger partial charge in [-0.3, -0.25) is 0 Å². The summed E-state index contributed by atoms with van der Waals surface area (Å²) in [5.74, 6) is 1.88. The van der Waals surface area contributed by atoms with E-state index in [0.29, 0.717) is 5.25 Å². The number of aryl methyl sites for hydroxylation is 2. The van der Waals surface area contributed by atoms with Gasteiger partial charge in [0.1, 0.15) is 5.82 Å². The average Bonchev–Trinajstić information content (AvgIpc) is 2.35. The Morgan fingerprint density at radius 3 is 2.28 bits per heavy atom. The molecule has 18 heavy (non-hydrogen) atoms. The Kier molecular flexibility index (Phi) is 6.65. The number of nitrogens with zero attached hydrogens (tertiary/aromatic N) is 2. The van der Waals surface area contributed by atoms with Gasteiger partial charge >= 0.3 is 0 Å². The van der Waals surface area contributed by atoms with Crippen molar-refractivity contribution in [3.05, 3.63) is 22.8 Å². The smallest absolute Gasteiger partial charge is 0.138 e. The molecule has 0 radical (unpaired) electrons. The van der Waals surface area contributed by atoms with Crippen LogP contribution in [-0.4, -0.2) is 21.8 Å². The van der Waals surface area contributed by atoms with Gasteiger partial charge in [-0.15, -0.1) is 0 Å². The summed E-state index contributed by atoms with van der Waals surface area (Å²) in [6.07, 6.45) is 1.20. The van der Waals surface area contributed by atoms with Gasteiger partial charge in [-0.1, -0.05) is 20.8 Å². The molecule has 0 aliphatic carbocycles. The third-order valence-corrected chi connectivity index (χ3v) is 4.42. The molecule has 0 bridgehead atoms. The number of aromatic nitrogens is 2. The van der Waals surface area contributed by atoms with Crippen LogP contribution in [0.25, 0.3) is 0 Å². The second kappa shape index (κ2) is 7.74. The Morgan fingerprint density at radius 1 is 1.17 bits per heavy atom. The Morgan fingerprint density at radius 2 is 1.78 bits per heavy atom. The summed E-state index contributed by atoms with van der Waals surface area (Å²) in [6, 6.07) is 0. The zero-order valence-corrected chi connectivity index (χ0v) is 13.0. The number of rotatable bonds is 7. The van der Waals surface area contributed by atoms with E-state index in [9.17, 15) is 0 Å². The fraction of sp³-hybridized carbons (Fsp3) is 0.714. The molecule has 1 heterocycles. The Balaban J connectivity index is 2.73. The van der Waals surface area contributed by atoms with Gasteiger partial charge in [0.2, 0.25) is 0 Å². The highest BCUT2D eigenvalue weighted by molar-refractivity contribution is 7.99. The van der Waals surface area contributed by atoms with Crippen molar-refractivity contribution in [2.45, 2.75) is 58.6 Å². The molecule has 4 heteroatoms. The van der Waals surface area contributed by atoms with Crippen LogP contribution in [-0.2, 0) is 12.3 Å². The number of thioether (sulfide) groups is 1. The van der Waals surface area contributed by atoms with E-state index in [2.05, 4.69) is 49.9 Å². The fourth-order valence-corrected chi connectivity index (χ4v) is 2.51. The molecule has 1 aromatic rings. The first-order valence-electron chi connectivity index (χ1n) is 6.73. The molecule has 1 aromatic heterocycles. The summed E-state index contributed by atoms with van der Waals surface area (Å²) in [6.45, 7) is 12.6. The second-order valence-electron chi connectivity index (χ2n) is 4.60. The van der Waals surface area contributed by atoms with Gasteiger partial charge in [0.25, 0.3) is 0 Å². The molecule has 1 rings (SSSR count). The van der Waals surface area contributed by atoms with Crippen molar-refractivity contribution in [2.75, 3.05) is 6.54 Å². The van der Waals surface area contributed by atoms with Gasteiger partial charge in [0.15, 0.2) is 0 Å². The summed E-state index contributed by atoms with van der Waals surface area (Å²) in [4.78, 5) is 9.24. The molecule has 0 fully saturated rings. The van der Waals surface area contributed by atoms with Crippen LogP contribution in [0.3, 0.4) is 0 Å². The Labute approximate surface area is 115 Å². The van der Waals surface area contributed by atoms with Crippen LogP contribution in [0.1, 0.15) is 50.0 Å². The van der Waals surface area contributed by atoms with Crippen molar-refractivity contribution in [1.29, 1.82) is 0 Å². The van der Waals surface area contributed by atoms with Crippen LogP contribution < -0.4 is 5.32 Å². The van der Waals surface area contributed by atoms with E-state index in [-0.39, 0.29) is 0 Å². The highest BCUT2D eigenvalue weighted by atomic mass is 32.2. The molecule has 0 saturated heterocycles. The first kappa shape index (κ1) is 15.4. The van der Waals surface area contributed by atoms with Gasteiger partial charge < -0.3 is 5.32 Å². The van der Waals surface area contributed by atoms with Gasteiger partial charge in [0, 0.05) is 28.7 Å². The summed E-state index contributed by atoms with van der Waals surface area (Å²) in [7, 11) is 0. The third kappa shape index (κ3) is 4.58. The maximum Gasteiger partial charge on any atom is 0.138 e. The Bertz CT molecular complexity index is 356. The molecule has 0 aliphatic rings. The fourth-order valence-electron chi connectivity index (χ4n) is 1.71. The van der Waals surface area contributed by atoms with Crippen molar-refractivity contribution in [1.82, 2.24) is 15.3 Å². The quantitative estimate of drug-likeness (QED) is 0.823. The molecular formula is C14H25N3S. The average molecular weight is 267 g/mol. The van der Waals surface area contributed by atoms with Crippen LogP contribution in [0.5, 0.6) is 0 Å². The van der Waals surface area contributed by atoms with Crippen LogP contribution in [0.15, 0.2) is 0 Å². The van der Waals surface area contributed by atoms with Crippen molar-refractivity contribution >= 4 is 11.8 Å². The second-order valence-corrected chi connectivity index (χ2v) is 6.03. The highest BCUT2D eigenvalue weighted by Gasteiger charge is 2.09. The maximum atomic E-state index is 4.62. The SMILES string of the molecule is CCNCc1c(C)nc(CSC(C)CC)nc1C. The molecule has 1 N–H and O–H groups in total. The Hall–Kier alpha value is -0.610. The van der Waals surface area contributed by atoms with E-state index in [1.165, 1.54) is 12.0 Å². The van der Waals surface area contributed by atoms with E-state index < -0.39 is 0 Å². The van der Waals surface area contributed by atoms with Crippen molar-refractivity contribution in [3.8, 4) is 0 Å². The summed E-state index contributed by atoms with van der Waals surface area (Å²) < 4.78 is 0. The van der Waals surface area contributed by atoms with Crippen molar-refractivity contribution < 1.29 is 0 Å². The van der Waals surface area contributed by atoms with Crippen LogP contribution in [0, 0.1) is 13.8 Å². The van der Waals surface area contributed by atoms with Crippen LogP contribution in [0.4, 0.5) is 0 Å². The minimum absolute atomic E-state index is 0.677. The van der Waals surface area contributed by atoms with E-state index >= 15 is 0 Å². The van der Waals surface area contributed by atoms with E-state index in [0.717, 1.165) is 36.1 Å². The zero-order chi connectivity index (χ0) is 13.5. The molecule has 0 aromatic carbocycles. The summed E-state index contributed by atoms with van der Waals surface area (Å²) in [5, 5.41) is 4.02. The van der Waals surface area contributed by atoms with E-state index in [4.69, 9.17) is 0 Å². The van der Waals surface area contributed by atoms with Gasteiger partial charge in [0.05, 0.1) is 5.75 Å². The predicted octanol–water partition coefficient (Wildman–Crippen LogP) is 3.23. The van der Waals surface area contributed by atoms with Crippen molar-refractivity contribution in [2.24, 2.45) is 0 Å². The normalized spacial score (nSPS) is 12.7. The predicted molar refractivity (Wildman–Crippen MR) is 79.9 cm³/mol. The van der Waals surface area contributed by atoms with Crippen LogP contribution >= 0.6 is 11.8 Å². The lowest BCUT2D eigenvalue weighted by Gasteiger charge is -2.12. The van der Waals surface area contributed by atoms with Crippen molar-refractivity contribution in [3.63, 3.8) is 0 Å². The topological polar surface area (TPSA) is 37.8 Å². The van der Waals surface area contributed by atoms with E-state index in [1.807, 2.05) is 11.8 Å². The minimum Gasteiger partial charge on any atom is -0.313 e. The van der Waals surface area contributed by atoms with Gasteiger partial charge in [-0.05, 0) is 26.8 Å². The standard InChI is InChI=1S/C14H25N3S/c1-6-10(3)18-9-14-16-11(4)13(8-15-7-2)12(5)17-14/h10,15H,6-9H2,1-5H3. The minimum atomic E-state index is 0.677. The summed E-state index contributed by atoms with van der Waals surface area (Å²) in [5.41, 5.74) is 3.47. The largest absolute Gasteiger partial charge is 0.313 e. The summed E-state index contributed by atoms with van der Waals surface area (Å²) >= 11 is 1.93. The molecule has 0 amide bonds. The van der Waals surface area contributed by atoms with E-state index in [1.54, 1.807) is 0 Å². The van der Waals surface area contributed by atoms with Crippen LogP contribution in [0.2, 0.25) is 0 Å². The lowest BCUT2D eigenvalue weighted by atomic mass is 10.1. The first-order chi connectivity index (χ1) is 8.58. The first-order valence-corrected chi connectivity index (χ1v) is 7.78. The lowest BCUT2D eigenvalue weighted by molar-refractivity contribution is 0.707. The molecule has 0 saturated carbocycles. The molecule has 0 spiro atoms. The zero-order valence-electron chi connectivity index (χ0n) is 12.2. The lowest BCUT2D eigenvalue weighted by Crippen LogP contribution is -2.16. The highest BCUT2D eigenvalue weighted by Crippen LogP contribution is 2.19. The van der Waals surface area contributed by atoms with Gasteiger partial charge in [-0.25, -0.2) is 9.97 Å². The maximum absolute atomic E-state index is 4.62. The molecule has 1 unspecified atom stereocenters. The molecule has 0 aliphatic heterocycles. The number of nitrogens with one attached hydrogen (secondary N) is 1. The molecule has 3 nitrogen and oxygen atoms in total. The third-order valence-electron chi connectivity index (χ3n) is 3.09. The number of hydrogen-bond acceptors (Lipinski definition) is 4. The number of hydrogen-bond donors (Lipinski definition) is 1. The molecular weight excluding hydrogens is 242 g/mol. The monoisotopic (exact) mass is 267 g/mol. The molecule has 1 atom stereocenters. The van der Waals surface area contributed by atoms with Gasteiger partial charge in [-0.2, -0.15) is 11.8 Å².